The molecule has 0 bridgehead atoms. The van der Waals surface area contributed by atoms with Crippen LogP contribution in [0.3, 0.4) is 0 Å². The minimum absolute atomic E-state index is 0.129. The van der Waals surface area contributed by atoms with E-state index in [1.54, 1.807) is 36.4 Å². The lowest BCUT2D eigenvalue weighted by Gasteiger charge is -2.12. The van der Waals surface area contributed by atoms with Gasteiger partial charge in [-0.15, -0.1) is 5.10 Å². The molecule has 166 valence electrons. The number of halogens is 1. The zero-order valence-corrected chi connectivity index (χ0v) is 19.5. The minimum Gasteiger partial charge on any atom is -0.340 e. The molecule has 0 aliphatic rings. The molecule has 0 atom stereocenters. The van der Waals surface area contributed by atoms with Gasteiger partial charge in [-0.25, -0.2) is 13.4 Å². The lowest BCUT2D eigenvalue weighted by molar-refractivity contribution is 0.592. The van der Waals surface area contributed by atoms with Crippen LogP contribution in [0.5, 0.6) is 0 Å². The van der Waals surface area contributed by atoms with E-state index in [4.69, 9.17) is 11.6 Å². The number of sulfone groups is 1. The number of aromatic nitrogens is 4. The highest BCUT2D eigenvalue weighted by molar-refractivity contribution is 7.91. The van der Waals surface area contributed by atoms with Crippen molar-refractivity contribution in [2.75, 3.05) is 5.32 Å². The number of hydrogen-bond acceptors (Lipinski definition) is 6. The van der Waals surface area contributed by atoms with Gasteiger partial charge in [0.1, 0.15) is 5.82 Å². The fourth-order valence-electron chi connectivity index (χ4n) is 3.64. The normalized spacial score (nSPS) is 12.0. The molecule has 7 nitrogen and oxygen atoms in total. The molecule has 0 spiro atoms. The van der Waals surface area contributed by atoms with Gasteiger partial charge in [-0.1, -0.05) is 61.0 Å². The Balaban J connectivity index is 1.71. The van der Waals surface area contributed by atoms with Crippen LogP contribution in [-0.2, 0) is 9.84 Å². The number of rotatable bonds is 5. The van der Waals surface area contributed by atoms with E-state index in [1.807, 2.05) is 24.3 Å². The van der Waals surface area contributed by atoms with Crippen LogP contribution in [0.15, 0.2) is 82.7 Å². The van der Waals surface area contributed by atoms with Gasteiger partial charge in [-0.2, -0.15) is 4.52 Å². The zero-order valence-electron chi connectivity index (χ0n) is 17.9. The molecule has 0 fully saturated rings. The van der Waals surface area contributed by atoms with Gasteiger partial charge in [0.15, 0.2) is 5.65 Å². The Bertz CT molecular complexity index is 1580. The van der Waals surface area contributed by atoms with E-state index in [-0.39, 0.29) is 15.6 Å². The first-order valence-electron chi connectivity index (χ1n) is 10.4. The Kier molecular flexibility index (Phi) is 5.26. The minimum atomic E-state index is -3.91. The van der Waals surface area contributed by atoms with Crippen LogP contribution in [0, 0.1) is 0 Å². The van der Waals surface area contributed by atoms with Crippen molar-refractivity contribution in [3.8, 4) is 0 Å². The van der Waals surface area contributed by atoms with Crippen molar-refractivity contribution < 1.29 is 8.42 Å². The Labute approximate surface area is 196 Å². The molecule has 33 heavy (non-hydrogen) atoms. The number of benzene rings is 3. The summed E-state index contributed by atoms with van der Waals surface area (Å²) in [5.41, 5.74) is 2.80. The van der Waals surface area contributed by atoms with Gasteiger partial charge >= 0.3 is 0 Å². The van der Waals surface area contributed by atoms with E-state index in [9.17, 15) is 8.42 Å². The van der Waals surface area contributed by atoms with Crippen molar-refractivity contribution in [3.63, 3.8) is 0 Å². The van der Waals surface area contributed by atoms with Crippen molar-refractivity contribution >= 4 is 49.5 Å². The highest BCUT2D eigenvalue weighted by Crippen LogP contribution is 2.31. The number of hydrogen-bond donors (Lipinski definition) is 1. The molecular formula is C24H20ClN5O2S. The third-order valence-corrected chi connectivity index (χ3v) is 7.33. The number of fused-ring (bicyclic) bond motifs is 3. The average molecular weight is 478 g/mol. The highest BCUT2D eigenvalue weighted by atomic mass is 35.5. The predicted molar refractivity (Wildman–Crippen MR) is 129 cm³/mol. The average Bonchev–Trinajstić information content (AvgIpc) is 3.25. The van der Waals surface area contributed by atoms with Crippen LogP contribution in [0.4, 0.5) is 11.5 Å². The highest BCUT2D eigenvalue weighted by Gasteiger charge is 2.27. The molecule has 0 aliphatic heterocycles. The molecule has 0 amide bonds. The van der Waals surface area contributed by atoms with Gasteiger partial charge in [0.05, 0.1) is 10.4 Å². The van der Waals surface area contributed by atoms with Crippen molar-refractivity contribution in [1.29, 1.82) is 0 Å². The van der Waals surface area contributed by atoms with Crippen LogP contribution < -0.4 is 5.32 Å². The topological polar surface area (TPSA) is 89.2 Å². The van der Waals surface area contributed by atoms with E-state index in [0.717, 1.165) is 5.69 Å². The molecule has 1 N–H and O–H groups in total. The van der Waals surface area contributed by atoms with Crippen LogP contribution in [0.25, 0.3) is 16.6 Å². The summed E-state index contributed by atoms with van der Waals surface area (Å²) < 4.78 is 28.0. The van der Waals surface area contributed by atoms with Gasteiger partial charge in [-0.3, -0.25) is 0 Å². The molecular weight excluding hydrogens is 458 g/mol. The zero-order chi connectivity index (χ0) is 23.2. The van der Waals surface area contributed by atoms with E-state index >= 15 is 0 Å². The van der Waals surface area contributed by atoms with Crippen molar-refractivity contribution in [2.24, 2.45) is 0 Å². The second kappa shape index (κ2) is 8.13. The van der Waals surface area contributed by atoms with E-state index in [1.165, 1.54) is 22.2 Å². The molecule has 0 radical (unpaired) electrons. The third kappa shape index (κ3) is 3.81. The molecule has 5 rings (SSSR count). The number of anilines is 2. The third-order valence-electron chi connectivity index (χ3n) is 5.42. The summed E-state index contributed by atoms with van der Waals surface area (Å²) in [5, 5.41) is 12.4. The summed E-state index contributed by atoms with van der Waals surface area (Å²) in [7, 11) is -3.91. The van der Waals surface area contributed by atoms with Crippen molar-refractivity contribution in [2.45, 2.75) is 29.7 Å². The molecule has 5 aromatic rings. The first-order chi connectivity index (χ1) is 15.8. The van der Waals surface area contributed by atoms with Gasteiger partial charge in [0.25, 0.3) is 0 Å². The predicted octanol–water partition coefficient (Wildman–Crippen LogP) is 5.63. The first-order valence-corrected chi connectivity index (χ1v) is 12.2. The molecule has 0 saturated carbocycles. The Morgan fingerprint density at radius 2 is 1.70 bits per heavy atom. The fourth-order valence-corrected chi connectivity index (χ4v) is 5.07. The smallest absolute Gasteiger partial charge is 0.229 e. The molecule has 3 aromatic carbocycles. The van der Waals surface area contributed by atoms with Crippen LogP contribution in [0.2, 0.25) is 5.02 Å². The van der Waals surface area contributed by atoms with Gasteiger partial charge < -0.3 is 5.32 Å². The van der Waals surface area contributed by atoms with Crippen molar-refractivity contribution in [3.05, 3.63) is 83.4 Å². The molecule has 2 aromatic heterocycles. The molecule has 0 unspecified atom stereocenters. The van der Waals surface area contributed by atoms with Gasteiger partial charge in [0.2, 0.25) is 14.9 Å². The van der Waals surface area contributed by atoms with Crippen molar-refractivity contribution in [1.82, 2.24) is 19.8 Å². The lowest BCUT2D eigenvalue weighted by atomic mass is 10.0. The molecule has 0 aliphatic carbocycles. The monoisotopic (exact) mass is 477 g/mol. The molecule has 2 heterocycles. The van der Waals surface area contributed by atoms with E-state index in [2.05, 4.69) is 34.5 Å². The number of nitrogens with zero attached hydrogens (tertiary/aromatic N) is 4. The molecule has 9 heteroatoms. The maximum absolute atomic E-state index is 13.3. The SMILES string of the molecule is CC(C)c1ccc(Nc2nc3c(S(=O)(=O)c4ccccc4)nnn3c3ccc(Cl)cc23)cc1. The standard InChI is InChI=1S/C24H20ClN5O2S/c1-15(2)16-8-11-18(12-9-16)26-22-20-14-17(25)10-13-21(20)30-23(27-22)24(28-29-30)33(31,32)19-6-4-3-5-7-19/h3-15H,1-2H3,(H,26,27). The first kappa shape index (κ1) is 21.4. The Hall–Kier alpha value is -3.49. The quantitative estimate of drug-likeness (QED) is 0.353. The van der Waals surface area contributed by atoms with Crippen LogP contribution >= 0.6 is 11.6 Å². The van der Waals surface area contributed by atoms with E-state index in [0.29, 0.717) is 27.7 Å². The number of nitrogens with one attached hydrogen (secondary N) is 1. The van der Waals surface area contributed by atoms with Gasteiger partial charge in [0, 0.05) is 16.1 Å². The summed E-state index contributed by atoms with van der Waals surface area (Å²) in [6.07, 6.45) is 0. The second-order valence-electron chi connectivity index (χ2n) is 7.97. The maximum Gasteiger partial charge on any atom is 0.229 e. The van der Waals surface area contributed by atoms with E-state index < -0.39 is 9.84 Å². The van der Waals surface area contributed by atoms with Crippen LogP contribution in [-0.4, -0.2) is 28.2 Å². The maximum atomic E-state index is 13.3. The second-order valence-corrected chi connectivity index (χ2v) is 10.3. The van der Waals surface area contributed by atoms with Gasteiger partial charge in [-0.05, 0) is 53.9 Å². The summed E-state index contributed by atoms with van der Waals surface area (Å²) >= 11 is 6.26. The summed E-state index contributed by atoms with van der Waals surface area (Å²) in [5.74, 6) is 0.876. The Morgan fingerprint density at radius 1 is 0.970 bits per heavy atom. The summed E-state index contributed by atoms with van der Waals surface area (Å²) in [4.78, 5) is 4.77. The lowest BCUT2D eigenvalue weighted by Crippen LogP contribution is -2.05. The largest absolute Gasteiger partial charge is 0.340 e. The fraction of sp³-hybridized carbons (Fsp3) is 0.125. The summed E-state index contributed by atoms with van der Waals surface area (Å²) in [6, 6.07) is 21.4. The Morgan fingerprint density at radius 3 is 2.39 bits per heavy atom. The summed E-state index contributed by atoms with van der Waals surface area (Å²) in [6.45, 7) is 4.27. The molecule has 0 saturated heterocycles. The van der Waals surface area contributed by atoms with Crippen LogP contribution in [0.1, 0.15) is 25.3 Å².